The third kappa shape index (κ3) is 3.18. The molecule has 3 saturated carbocycles. The zero-order chi connectivity index (χ0) is 21.0. The summed E-state index contributed by atoms with van der Waals surface area (Å²) in [4.78, 5) is 23.5. The lowest BCUT2D eigenvalue weighted by Crippen LogP contribution is -2.56. The van der Waals surface area contributed by atoms with Gasteiger partial charge < -0.3 is 9.47 Å². The van der Waals surface area contributed by atoms with E-state index in [1.54, 1.807) is 5.57 Å². The van der Waals surface area contributed by atoms with Gasteiger partial charge in [0.05, 0.1) is 0 Å². The number of carbonyl (C=O) groups excluding carboxylic acids is 2. The molecule has 0 bridgehead atoms. The van der Waals surface area contributed by atoms with E-state index in [1.807, 2.05) is 0 Å². The SMILES string of the molecule is CC=C1CC[C@H]2[C@@H]3CC=C4CC(OC(C)=O)CC(OC(C)=O)[C@]4(C)[C@H]3CC[C@]12C. The van der Waals surface area contributed by atoms with Crippen molar-refractivity contribution in [2.75, 3.05) is 0 Å². The number of carbonyl (C=O) groups is 2. The van der Waals surface area contributed by atoms with Gasteiger partial charge in [0.1, 0.15) is 12.2 Å². The summed E-state index contributed by atoms with van der Waals surface area (Å²) in [6, 6.07) is 0. The molecule has 0 spiro atoms. The van der Waals surface area contributed by atoms with Crippen molar-refractivity contribution >= 4 is 11.9 Å². The Morgan fingerprint density at radius 3 is 2.48 bits per heavy atom. The first-order valence-corrected chi connectivity index (χ1v) is 11.4. The van der Waals surface area contributed by atoms with Crippen molar-refractivity contribution in [3.63, 3.8) is 0 Å². The molecule has 29 heavy (non-hydrogen) atoms. The number of rotatable bonds is 2. The van der Waals surface area contributed by atoms with Crippen LogP contribution in [0.15, 0.2) is 23.3 Å². The van der Waals surface area contributed by atoms with Gasteiger partial charge in [-0.05, 0) is 62.2 Å². The number of hydrogen-bond donors (Lipinski definition) is 0. The van der Waals surface area contributed by atoms with Crippen molar-refractivity contribution in [2.24, 2.45) is 28.6 Å². The van der Waals surface area contributed by atoms with E-state index < -0.39 is 0 Å². The molecule has 0 heterocycles. The van der Waals surface area contributed by atoms with Gasteiger partial charge in [-0.1, -0.05) is 37.1 Å². The van der Waals surface area contributed by atoms with Gasteiger partial charge in [0.25, 0.3) is 0 Å². The Balaban J connectivity index is 1.69. The second-order valence-corrected chi connectivity index (χ2v) is 10.2. The molecule has 4 nitrogen and oxygen atoms in total. The topological polar surface area (TPSA) is 52.6 Å². The number of allylic oxidation sites excluding steroid dienone is 3. The van der Waals surface area contributed by atoms with Gasteiger partial charge in [-0.25, -0.2) is 0 Å². The molecule has 0 radical (unpaired) electrons. The van der Waals surface area contributed by atoms with Crippen molar-refractivity contribution in [3.05, 3.63) is 23.3 Å². The van der Waals surface area contributed by atoms with Gasteiger partial charge >= 0.3 is 11.9 Å². The maximum Gasteiger partial charge on any atom is 0.302 e. The van der Waals surface area contributed by atoms with Crippen LogP contribution in [0, 0.1) is 28.6 Å². The third-order valence-electron chi connectivity index (χ3n) is 8.97. The van der Waals surface area contributed by atoms with E-state index in [1.165, 1.54) is 45.1 Å². The molecule has 4 rings (SSSR count). The average molecular weight is 401 g/mol. The molecule has 0 saturated heterocycles. The zero-order valence-corrected chi connectivity index (χ0v) is 18.6. The van der Waals surface area contributed by atoms with E-state index in [-0.39, 0.29) is 29.6 Å². The molecule has 7 atom stereocenters. The molecule has 3 fully saturated rings. The highest BCUT2D eigenvalue weighted by molar-refractivity contribution is 5.67. The summed E-state index contributed by atoms with van der Waals surface area (Å²) in [7, 11) is 0. The molecular weight excluding hydrogens is 364 g/mol. The largest absolute Gasteiger partial charge is 0.462 e. The first kappa shape index (κ1) is 20.7. The summed E-state index contributed by atoms with van der Waals surface area (Å²) < 4.78 is 11.5. The fourth-order valence-electron chi connectivity index (χ4n) is 7.68. The number of ether oxygens (including phenoxy) is 2. The van der Waals surface area contributed by atoms with Gasteiger partial charge in [-0.3, -0.25) is 9.59 Å². The molecule has 0 amide bonds. The van der Waals surface area contributed by atoms with Crippen LogP contribution in [0.4, 0.5) is 0 Å². The smallest absolute Gasteiger partial charge is 0.302 e. The van der Waals surface area contributed by atoms with E-state index in [2.05, 4.69) is 32.9 Å². The lowest BCUT2D eigenvalue weighted by atomic mass is 9.47. The van der Waals surface area contributed by atoms with E-state index in [0.717, 1.165) is 12.8 Å². The van der Waals surface area contributed by atoms with Gasteiger partial charge in [0.2, 0.25) is 0 Å². The van der Waals surface area contributed by atoms with Crippen LogP contribution in [0.5, 0.6) is 0 Å². The van der Waals surface area contributed by atoms with Crippen LogP contribution in [-0.2, 0) is 19.1 Å². The number of fused-ring (bicyclic) bond motifs is 5. The van der Waals surface area contributed by atoms with Crippen molar-refractivity contribution in [1.82, 2.24) is 0 Å². The normalized spacial score (nSPS) is 44.9. The van der Waals surface area contributed by atoms with Crippen LogP contribution in [0.1, 0.15) is 79.6 Å². The van der Waals surface area contributed by atoms with Gasteiger partial charge in [-0.15, -0.1) is 0 Å². The minimum absolute atomic E-state index is 0.148. The second kappa shape index (κ2) is 7.28. The highest BCUT2D eigenvalue weighted by Crippen LogP contribution is 2.66. The minimum Gasteiger partial charge on any atom is -0.462 e. The van der Waals surface area contributed by atoms with Crippen LogP contribution < -0.4 is 0 Å². The zero-order valence-electron chi connectivity index (χ0n) is 18.6. The maximum absolute atomic E-state index is 12.0. The Morgan fingerprint density at radius 1 is 1.10 bits per heavy atom. The molecule has 2 unspecified atom stereocenters. The van der Waals surface area contributed by atoms with E-state index >= 15 is 0 Å². The van der Waals surface area contributed by atoms with Gasteiger partial charge in [0.15, 0.2) is 0 Å². The van der Waals surface area contributed by atoms with Crippen molar-refractivity contribution < 1.29 is 19.1 Å². The summed E-state index contributed by atoms with van der Waals surface area (Å²) >= 11 is 0. The maximum atomic E-state index is 12.0. The second-order valence-electron chi connectivity index (χ2n) is 10.2. The monoisotopic (exact) mass is 400 g/mol. The number of hydrogen-bond acceptors (Lipinski definition) is 4. The standard InChI is InChI=1S/C25H36O4/c1-6-17-8-10-21-20-9-7-18-13-19(28-15(2)26)14-23(29-16(3)27)25(18,5)22(20)11-12-24(17,21)4/h6-7,19-23H,8-14H2,1-5H3/t19?,20-,21-,22-,23?,24+,25-/m0/s1. The predicted molar refractivity (Wildman–Crippen MR) is 112 cm³/mol. The van der Waals surface area contributed by atoms with Crippen LogP contribution in [0.2, 0.25) is 0 Å². The first-order chi connectivity index (χ1) is 13.7. The van der Waals surface area contributed by atoms with Crippen molar-refractivity contribution in [2.45, 2.75) is 91.8 Å². The Labute approximate surface area is 175 Å². The third-order valence-corrected chi connectivity index (χ3v) is 8.97. The van der Waals surface area contributed by atoms with Crippen molar-refractivity contribution in [1.29, 1.82) is 0 Å². The van der Waals surface area contributed by atoms with Gasteiger partial charge in [0, 0.05) is 32.1 Å². The predicted octanol–water partition coefficient (Wildman–Crippen LogP) is 5.37. The lowest BCUT2D eigenvalue weighted by molar-refractivity contribution is -0.170. The molecule has 0 aromatic rings. The average Bonchev–Trinajstić information content (AvgIpc) is 2.98. The molecular formula is C25H36O4. The molecule has 4 aliphatic carbocycles. The van der Waals surface area contributed by atoms with Crippen molar-refractivity contribution in [3.8, 4) is 0 Å². The molecule has 0 aliphatic heterocycles. The summed E-state index contributed by atoms with van der Waals surface area (Å²) in [5.74, 6) is 1.39. The molecule has 4 heteroatoms. The number of esters is 2. The molecule has 0 aromatic carbocycles. The fraction of sp³-hybridized carbons (Fsp3) is 0.760. The van der Waals surface area contributed by atoms with Crippen LogP contribution in [-0.4, -0.2) is 24.1 Å². The minimum atomic E-state index is -0.257. The van der Waals surface area contributed by atoms with E-state index in [9.17, 15) is 9.59 Å². The van der Waals surface area contributed by atoms with Crippen LogP contribution >= 0.6 is 0 Å². The Morgan fingerprint density at radius 2 is 1.83 bits per heavy atom. The Hall–Kier alpha value is -1.58. The summed E-state index contributed by atoms with van der Waals surface area (Å²) in [5.41, 5.74) is 3.18. The fourth-order valence-corrected chi connectivity index (χ4v) is 7.68. The molecule has 160 valence electrons. The highest BCUT2D eigenvalue weighted by atomic mass is 16.6. The van der Waals surface area contributed by atoms with E-state index in [4.69, 9.17) is 9.47 Å². The van der Waals surface area contributed by atoms with Crippen LogP contribution in [0.3, 0.4) is 0 Å². The first-order valence-electron chi connectivity index (χ1n) is 11.4. The summed E-state index contributed by atoms with van der Waals surface area (Å²) in [5, 5.41) is 0. The highest BCUT2D eigenvalue weighted by Gasteiger charge is 2.60. The molecule has 4 aliphatic rings. The van der Waals surface area contributed by atoms with Gasteiger partial charge in [-0.2, -0.15) is 0 Å². The molecule has 0 aromatic heterocycles. The lowest BCUT2D eigenvalue weighted by Gasteiger charge is -2.59. The van der Waals surface area contributed by atoms with Crippen LogP contribution in [0.25, 0.3) is 0 Å². The molecule has 0 N–H and O–H groups in total. The van der Waals surface area contributed by atoms with E-state index in [0.29, 0.717) is 29.6 Å². The Bertz CT molecular complexity index is 765. The quantitative estimate of drug-likeness (QED) is 0.462. The summed E-state index contributed by atoms with van der Waals surface area (Å²) in [6.07, 6.45) is 11.8. The summed E-state index contributed by atoms with van der Waals surface area (Å²) in [6.45, 7) is 9.96. The Kier molecular flexibility index (Phi) is 5.19.